The van der Waals surface area contributed by atoms with Gasteiger partial charge in [0, 0.05) is 24.5 Å². The molecule has 0 radical (unpaired) electrons. The summed E-state index contributed by atoms with van der Waals surface area (Å²) in [7, 11) is 0. The van der Waals surface area contributed by atoms with Crippen molar-refractivity contribution in [3.8, 4) is 0 Å². The van der Waals surface area contributed by atoms with Crippen molar-refractivity contribution in [2.24, 2.45) is 0 Å². The molecule has 1 aromatic carbocycles. The molecule has 1 aromatic heterocycles. The highest BCUT2D eigenvalue weighted by Crippen LogP contribution is 2.37. The van der Waals surface area contributed by atoms with Gasteiger partial charge in [0.2, 0.25) is 0 Å². The van der Waals surface area contributed by atoms with Crippen molar-refractivity contribution in [1.29, 1.82) is 0 Å². The van der Waals surface area contributed by atoms with Gasteiger partial charge in [0.15, 0.2) is 0 Å². The zero-order valence-electron chi connectivity index (χ0n) is 12.2. The van der Waals surface area contributed by atoms with Crippen LogP contribution < -0.4 is 5.43 Å². The molecule has 0 saturated carbocycles. The quantitative estimate of drug-likeness (QED) is 0.655. The monoisotopic (exact) mass is 345 g/mol. The van der Waals surface area contributed by atoms with E-state index in [1.807, 2.05) is 0 Å². The number of amides is 2. The van der Waals surface area contributed by atoms with Crippen LogP contribution in [0.1, 0.15) is 21.4 Å². The number of nitrogens with one attached hydrogen (secondary N) is 1. The summed E-state index contributed by atoms with van der Waals surface area (Å²) in [6, 6.07) is 5.86. The highest BCUT2D eigenvalue weighted by molar-refractivity contribution is 8.00. The zero-order chi connectivity index (χ0) is 17.1. The van der Waals surface area contributed by atoms with E-state index in [-0.39, 0.29) is 23.0 Å². The van der Waals surface area contributed by atoms with Crippen LogP contribution in [-0.4, -0.2) is 37.5 Å². The number of hydrogen-bond donors (Lipinski definition) is 1. The molecule has 9 nitrogen and oxygen atoms in total. The standard InChI is InChI=1S/C14H11N5O4S/c20-12-8-24-14(9-1-3-10(4-2-9)19(22)23)18(12)17-13(21)11-7-15-5-6-16-11/h1-7,14H,8H2,(H,17,21). The number of non-ortho nitro benzene ring substituents is 1. The van der Waals surface area contributed by atoms with Gasteiger partial charge < -0.3 is 0 Å². The lowest BCUT2D eigenvalue weighted by Crippen LogP contribution is -2.44. The van der Waals surface area contributed by atoms with E-state index in [0.29, 0.717) is 5.56 Å². The predicted octanol–water partition coefficient (Wildman–Crippen LogP) is 1.30. The van der Waals surface area contributed by atoms with Crippen LogP contribution in [0.2, 0.25) is 0 Å². The van der Waals surface area contributed by atoms with Gasteiger partial charge in [-0.15, -0.1) is 11.8 Å². The molecule has 1 aliphatic heterocycles. The number of benzene rings is 1. The normalized spacial score (nSPS) is 16.9. The van der Waals surface area contributed by atoms with Crippen molar-refractivity contribution in [1.82, 2.24) is 20.4 Å². The van der Waals surface area contributed by atoms with Crippen LogP contribution in [0.5, 0.6) is 0 Å². The van der Waals surface area contributed by atoms with Gasteiger partial charge in [-0.3, -0.25) is 30.1 Å². The maximum Gasteiger partial charge on any atom is 0.290 e. The minimum absolute atomic E-state index is 0.0387. The lowest BCUT2D eigenvalue weighted by atomic mass is 10.2. The second kappa shape index (κ2) is 6.62. The van der Waals surface area contributed by atoms with Gasteiger partial charge in [-0.05, 0) is 17.7 Å². The predicted molar refractivity (Wildman–Crippen MR) is 84.6 cm³/mol. The summed E-state index contributed by atoms with van der Waals surface area (Å²) >= 11 is 1.32. The molecule has 1 N–H and O–H groups in total. The number of nitro groups is 1. The maximum absolute atomic E-state index is 12.2. The Kier molecular flexibility index (Phi) is 4.38. The number of aromatic nitrogens is 2. The van der Waals surface area contributed by atoms with Crippen LogP contribution in [0.15, 0.2) is 42.9 Å². The first-order valence-corrected chi connectivity index (χ1v) is 7.86. The molecular formula is C14H11N5O4S. The van der Waals surface area contributed by atoms with Crippen molar-refractivity contribution < 1.29 is 14.5 Å². The van der Waals surface area contributed by atoms with Gasteiger partial charge >= 0.3 is 0 Å². The molecule has 1 aliphatic rings. The second-order valence-electron chi connectivity index (χ2n) is 4.81. The summed E-state index contributed by atoms with van der Waals surface area (Å²) in [5.74, 6) is -0.617. The first kappa shape index (κ1) is 15.9. The van der Waals surface area contributed by atoms with Crippen LogP contribution >= 0.6 is 11.8 Å². The zero-order valence-corrected chi connectivity index (χ0v) is 13.0. The van der Waals surface area contributed by atoms with Crippen molar-refractivity contribution in [2.45, 2.75) is 5.37 Å². The minimum atomic E-state index is -0.550. The van der Waals surface area contributed by atoms with Gasteiger partial charge in [0.05, 0.1) is 16.9 Å². The Balaban J connectivity index is 1.79. The molecule has 10 heteroatoms. The Bertz CT molecular complexity index is 784. The first-order valence-electron chi connectivity index (χ1n) is 6.81. The van der Waals surface area contributed by atoms with Crippen molar-refractivity contribution in [3.05, 3.63) is 64.2 Å². The van der Waals surface area contributed by atoms with E-state index >= 15 is 0 Å². The number of thioether (sulfide) groups is 1. The molecule has 2 heterocycles. The smallest absolute Gasteiger partial charge is 0.272 e. The first-order chi connectivity index (χ1) is 11.6. The summed E-state index contributed by atoms with van der Waals surface area (Å²) < 4.78 is 0. The van der Waals surface area contributed by atoms with Gasteiger partial charge in [0.25, 0.3) is 17.5 Å². The van der Waals surface area contributed by atoms with Gasteiger partial charge in [-0.25, -0.2) is 9.99 Å². The van der Waals surface area contributed by atoms with E-state index < -0.39 is 16.2 Å². The molecule has 1 atom stereocenters. The number of nitrogens with zero attached hydrogens (tertiary/aromatic N) is 4. The van der Waals surface area contributed by atoms with E-state index in [1.54, 1.807) is 12.1 Å². The highest BCUT2D eigenvalue weighted by Gasteiger charge is 2.34. The fraction of sp³-hybridized carbons (Fsp3) is 0.143. The number of carbonyl (C=O) groups is 2. The number of nitro benzene ring substituents is 1. The average Bonchev–Trinajstić information content (AvgIpc) is 2.96. The highest BCUT2D eigenvalue weighted by atomic mass is 32.2. The van der Waals surface area contributed by atoms with Crippen LogP contribution in [0.25, 0.3) is 0 Å². The summed E-state index contributed by atoms with van der Waals surface area (Å²) in [4.78, 5) is 42.1. The van der Waals surface area contributed by atoms with E-state index in [1.165, 1.54) is 47.5 Å². The van der Waals surface area contributed by atoms with Crippen LogP contribution in [0, 0.1) is 10.1 Å². The molecule has 1 fully saturated rings. The molecule has 2 amide bonds. The number of rotatable bonds is 4. The van der Waals surface area contributed by atoms with E-state index in [2.05, 4.69) is 15.4 Å². The number of carbonyl (C=O) groups excluding carboxylic acids is 2. The SMILES string of the molecule is O=C(NN1C(=O)CSC1c1ccc([N+](=O)[O-])cc1)c1cnccn1. The third kappa shape index (κ3) is 3.18. The lowest BCUT2D eigenvalue weighted by molar-refractivity contribution is -0.384. The number of hydrazine groups is 1. The fourth-order valence-corrected chi connectivity index (χ4v) is 3.24. The Hall–Kier alpha value is -3.01. The van der Waals surface area contributed by atoms with Crippen LogP contribution in [-0.2, 0) is 4.79 Å². The van der Waals surface area contributed by atoms with Crippen molar-refractivity contribution >= 4 is 29.3 Å². The van der Waals surface area contributed by atoms with E-state index in [4.69, 9.17) is 0 Å². The molecule has 2 aromatic rings. The summed E-state index contributed by atoms with van der Waals surface area (Å²) in [6.45, 7) is 0. The lowest BCUT2D eigenvalue weighted by Gasteiger charge is -2.24. The largest absolute Gasteiger partial charge is 0.290 e. The molecule has 24 heavy (non-hydrogen) atoms. The topological polar surface area (TPSA) is 118 Å². The molecule has 0 bridgehead atoms. The molecule has 3 rings (SSSR count). The summed E-state index contributed by atoms with van der Waals surface area (Å²) in [5, 5.41) is 11.5. The number of hydrogen-bond acceptors (Lipinski definition) is 7. The fourth-order valence-electron chi connectivity index (χ4n) is 2.14. The summed E-state index contributed by atoms with van der Waals surface area (Å²) in [6.07, 6.45) is 4.11. The summed E-state index contributed by atoms with van der Waals surface area (Å²) in [5.41, 5.74) is 3.24. The van der Waals surface area contributed by atoms with Crippen molar-refractivity contribution in [3.63, 3.8) is 0 Å². The molecule has 0 aliphatic carbocycles. The third-order valence-corrected chi connectivity index (χ3v) is 4.49. The second-order valence-corrected chi connectivity index (χ2v) is 5.88. The third-order valence-electron chi connectivity index (χ3n) is 3.27. The van der Waals surface area contributed by atoms with Crippen molar-refractivity contribution in [2.75, 3.05) is 5.75 Å². The van der Waals surface area contributed by atoms with Crippen LogP contribution in [0.3, 0.4) is 0 Å². The molecule has 1 saturated heterocycles. The maximum atomic E-state index is 12.2. The Morgan fingerprint density at radius 2 is 2.08 bits per heavy atom. The molecule has 0 spiro atoms. The Morgan fingerprint density at radius 1 is 1.33 bits per heavy atom. The van der Waals surface area contributed by atoms with E-state index in [9.17, 15) is 19.7 Å². The molecule has 122 valence electrons. The van der Waals surface area contributed by atoms with Gasteiger partial charge in [-0.2, -0.15) is 0 Å². The average molecular weight is 345 g/mol. The van der Waals surface area contributed by atoms with Gasteiger partial charge in [-0.1, -0.05) is 0 Å². The molecule has 1 unspecified atom stereocenters. The minimum Gasteiger partial charge on any atom is -0.272 e. The van der Waals surface area contributed by atoms with Crippen LogP contribution in [0.4, 0.5) is 5.69 Å². The molecular weight excluding hydrogens is 334 g/mol. The van der Waals surface area contributed by atoms with E-state index in [0.717, 1.165) is 0 Å². The Morgan fingerprint density at radius 3 is 2.71 bits per heavy atom. The van der Waals surface area contributed by atoms with Gasteiger partial charge in [0.1, 0.15) is 11.1 Å². The Labute approximate surface area is 140 Å².